The molecule has 0 heterocycles. The third-order valence-corrected chi connectivity index (χ3v) is 9.12. The summed E-state index contributed by atoms with van der Waals surface area (Å²) in [6, 6.07) is 0. The molecule has 0 aromatic carbocycles. The molecule has 0 saturated heterocycles. The van der Waals surface area contributed by atoms with Crippen LogP contribution in [0.1, 0.15) is 207 Å². The number of hydrogen-bond acceptors (Lipinski definition) is 1. The third-order valence-electron chi connectivity index (χ3n) is 9.12. The maximum Gasteiger partial charge on any atom is 0.309 e. The van der Waals surface area contributed by atoms with Gasteiger partial charge < -0.3 is 5.11 Å². The van der Waals surface area contributed by atoms with E-state index in [1.807, 2.05) is 6.92 Å². The first-order valence-electron chi connectivity index (χ1n) is 17.2. The summed E-state index contributed by atoms with van der Waals surface area (Å²) in [4.78, 5) is 12.1. The summed E-state index contributed by atoms with van der Waals surface area (Å²) in [5, 5.41) is 10.00. The minimum atomic E-state index is -0.575. The van der Waals surface area contributed by atoms with Crippen LogP contribution in [0.15, 0.2) is 0 Å². The number of unbranched alkanes of at least 4 members (excludes halogenated alkanes) is 24. The van der Waals surface area contributed by atoms with Crippen LogP contribution in [0.3, 0.4) is 0 Å². The lowest BCUT2D eigenvalue weighted by molar-refractivity contribution is -0.151. The highest BCUT2D eigenvalue weighted by molar-refractivity contribution is 5.74. The number of carboxylic acids is 1. The van der Waals surface area contributed by atoms with Crippen LogP contribution in [0.2, 0.25) is 0 Å². The van der Waals surface area contributed by atoms with Crippen molar-refractivity contribution < 1.29 is 9.90 Å². The summed E-state index contributed by atoms with van der Waals surface area (Å²) < 4.78 is 0. The Labute approximate surface area is 234 Å². The second kappa shape index (κ2) is 27.1. The molecule has 0 amide bonds. The summed E-state index contributed by atoms with van der Waals surface area (Å²) in [6.07, 6.45) is 37.2. The summed E-state index contributed by atoms with van der Waals surface area (Å²) in [5.41, 5.74) is -0.547. The molecule has 2 unspecified atom stereocenters. The van der Waals surface area contributed by atoms with Crippen molar-refractivity contribution in [2.75, 3.05) is 0 Å². The van der Waals surface area contributed by atoms with Gasteiger partial charge in [0.25, 0.3) is 0 Å². The Morgan fingerprint density at radius 3 is 1.08 bits per heavy atom. The largest absolute Gasteiger partial charge is 0.481 e. The Hall–Kier alpha value is -0.530. The van der Waals surface area contributed by atoms with Gasteiger partial charge in [-0.2, -0.15) is 0 Å². The molecular formula is C35H70O2. The fraction of sp³-hybridized carbons (Fsp3) is 0.971. The number of hydrogen-bond donors (Lipinski definition) is 1. The van der Waals surface area contributed by atoms with Gasteiger partial charge in [0.05, 0.1) is 5.41 Å². The highest BCUT2D eigenvalue weighted by Crippen LogP contribution is 2.37. The fourth-order valence-electron chi connectivity index (χ4n) is 5.86. The first-order chi connectivity index (χ1) is 18.0. The van der Waals surface area contributed by atoms with Crippen LogP contribution in [-0.2, 0) is 4.79 Å². The molecule has 2 heteroatoms. The van der Waals surface area contributed by atoms with Gasteiger partial charge in [-0.15, -0.1) is 0 Å². The highest BCUT2D eigenvalue weighted by Gasteiger charge is 2.37. The van der Waals surface area contributed by atoms with Gasteiger partial charge in [-0.3, -0.25) is 4.79 Å². The topological polar surface area (TPSA) is 37.3 Å². The molecule has 1 N–H and O–H groups in total. The second-order valence-electron chi connectivity index (χ2n) is 12.6. The zero-order valence-electron chi connectivity index (χ0n) is 26.2. The summed E-state index contributed by atoms with van der Waals surface area (Å²) in [5.74, 6) is -0.302. The van der Waals surface area contributed by atoms with Gasteiger partial charge in [-0.1, -0.05) is 188 Å². The van der Waals surface area contributed by atoms with E-state index in [4.69, 9.17) is 0 Å². The average molecular weight is 523 g/mol. The second-order valence-corrected chi connectivity index (χ2v) is 12.6. The molecule has 0 aromatic heterocycles. The summed E-state index contributed by atoms with van der Waals surface area (Å²) >= 11 is 0. The minimum Gasteiger partial charge on any atom is -0.481 e. The molecular weight excluding hydrogens is 452 g/mol. The maximum absolute atomic E-state index is 12.1. The average Bonchev–Trinajstić information content (AvgIpc) is 2.89. The van der Waals surface area contributed by atoms with Crippen LogP contribution in [0, 0.1) is 11.3 Å². The lowest BCUT2D eigenvalue weighted by Crippen LogP contribution is -2.34. The van der Waals surface area contributed by atoms with Crippen LogP contribution >= 0.6 is 0 Å². The van der Waals surface area contributed by atoms with Crippen LogP contribution < -0.4 is 0 Å². The van der Waals surface area contributed by atoms with E-state index in [-0.39, 0.29) is 5.92 Å². The maximum atomic E-state index is 12.1. The molecule has 0 spiro atoms. The van der Waals surface area contributed by atoms with E-state index in [1.54, 1.807) is 0 Å². The van der Waals surface area contributed by atoms with Crippen molar-refractivity contribution in [3.05, 3.63) is 0 Å². The van der Waals surface area contributed by atoms with Gasteiger partial charge in [-0.05, 0) is 25.7 Å². The molecule has 222 valence electrons. The van der Waals surface area contributed by atoms with Gasteiger partial charge in [0.1, 0.15) is 0 Å². The molecule has 37 heavy (non-hydrogen) atoms. The van der Waals surface area contributed by atoms with Crippen molar-refractivity contribution in [2.24, 2.45) is 11.3 Å². The first-order valence-corrected chi connectivity index (χ1v) is 17.2. The molecule has 2 nitrogen and oxygen atoms in total. The quantitative estimate of drug-likeness (QED) is 0.0952. The van der Waals surface area contributed by atoms with Crippen molar-refractivity contribution in [2.45, 2.75) is 207 Å². The first kappa shape index (κ1) is 36.5. The normalized spacial score (nSPS) is 14.1. The summed E-state index contributed by atoms with van der Waals surface area (Å²) in [7, 11) is 0. The number of carbonyl (C=O) groups is 1. The van der Waals surface area contributed by atoms with Crippen molar-refractivity contribution in [1.29, 1.82) is 0 Å². The van der Waals surface area contributed by atoms with Gasteiger partial charge in [-0.25, -0.2) is 0 Å². The molecule has 0 aromatic rings. The van der Waals surface area contributed by atoms with Crippen LogP contribution in [0.25, 0.3) is 0 Å². The van der Waals surface area contributed by atoms with E-state index in [2.05, 4.69) is 20.8 Å². The molecule has 0 radical (unpaired) electrons. The number of aliphatic carboxylic acids is 1. The SMILES string of the molecule is CCCCCCCCCCCCCCCC(C)C(C)(CCCCCCCCCCCCCCC)C(=O)O. The fourth-order valence-corrected chi connectivity index (χ4v) is 5.86. The van der Waals surface area contributed by atoms with Gasteiger partial charge >= 0.3 is 5.97 Å². The molecule has 2 atom stereocenters. The van der Waals surface area contributed by atoms with Crippen LogP contribution in [0.5, 0.6) is 0 Å². The number of carboxylic acid groups (broad SMARTS) is 1. The predicted molar refractivity (Wildman–Crippen MR) is 166 cm³/mol. The molecule has 0 rings (SSSR count). The van der Waals surface area contributed by atoms with Crippen molar-refractivity contribution in [3.8, 4) is 0 Å². The standard InChI is InChI=1S/C35H70O2/c1-5-7-9-11-13-15-17-19-21-23-25-27-29-31-33(3)35(4,34(36)37)32-30-28-26-24-22-20-18-16-14-12-10-8-6-2/h33H,5-32H2,1-4H3,(H,36,37). The molecule has 0 aliphatic rings. The zero-order chi connectivity index (χ0) is 27.5. The van der Waals surface area contributed by atoms with E-state index < -0.39 is 11.4 Å². The van der Waals surface area contributed by atoms with E-state index in [9.17, 15) is 9.90 Å². The van der Waals surface area contributed by atoms with Crippen molar-refractivity contribution in [3.63, 3.8) is 0 Å². The van der Waals surface area contributed by atoms with Crippen molar-refractivity contribution in [1.82, 2.24) is 0 Å². The van der Waals surface area contributed by atoms with Gasteiger partial charge in [0.2, 0.25) is 0 Å². The van der Waals surface area contributed by atoms with Gasteiger partial charge in [0.15, 0.2) is 0 Å². The Morgan fingerprint density at radius 1 is 0.514 bits per heavy atom. The molecule has 0 bridgehead atoms. The summed E-state index contributed by atoms with van der Waals surface area (Å²) in [6.45, 7) is 8.77. The van der Waals surface area contributed by atoms with Crippen LogP contribution in [0.4, 0.5) is 0 Å². The van der Waals surface area contributed by atoms with Crippen LogP contribution in [-0.4, -0.2) is 11.1 Å². The lowest BCUT2D eigenvalue weighted by atomic mass is 9.72. The zero-order valence-corrected chi connectivity index (χ0v) is 26.2. The molecule has 0 aliphatic carbocycles. The Kier molecular flexibility index (Phi) is 26.7. The minimum absolute atomic E-state index is 0.273. The smallest absolute Gasteiger partial charge is 0.309 e. The Morgan fingerprint density at radius 2 is 0.784 bits per heavy atom. The third kappa shape index (κ3) is 22.0. The Bertz CT molecular complexity index is 474. The van der Waals surface area contributed by atoms with Gasteiger partial charge in [0, 0.05) is 0 Å². The molecule has 0 aliphatic heterocycles. The van der Waals surface area contributed by atoms with E-state index >= 15 is 0 Å². The monoisotopic (exact) mass is 523 g/mol. The molecule has 0 fully saturated rings. The van der Waals surface area contributed by atoms with E-state index in [1.165, 1.54) is 161 Å². The molecule has 0 saturated carbocycles. The van der Waals surface area contributed by atoms with Crippen molar-refractivity contribution >= 4 is 5.97 Å². The predicted octanol–water partition coefficient (Wildman–Crippen LogP) is 12.7. The number of rotatable bonds is 30. The van der Waals surface area contributed by atoms with E-state index in [0.717, 1.165) is 19.3 Å². The Balaban J connectivity index is 3.72. The van der Waals surface area contributed by atoms with E-state index in [0.29, 0.717) is 0 Å². The lowest BCUT2D eigenvalue weighted by Gasteiger charge is -2.32. The highest BCUT2D eigenvalue weighted by atomic mass is 16.4.